The van der Waals surface area contributed by atoms with Crippen molar-refractivity contribution in [1.29, 1.82) is 0 Å². The van der Waals surface area contributed by atoms with Gasteiger partial charge in [0.05, 0.1) is 20.3 Å². The molecule has 0 aliphatic carbocycles. The molecule has 2 amide bonds. The lowest BCUT2D eigenvalue weighted by Gasteiger charge is -2.32. The maximum atomic E-state index is 13.4. The van der Waals surface area contributed by atoms with Crippen LogP contribution in [0.15, 0.2) is 29.8 Å². The van der Waals surface area contributed by atoms with Crippen molar-refractivity contribution < 1.29 is 18.7 Å². The number of thiazole rings is 1. The van der Waals surface area contributed by atoms with Crippen LogP contribution in [0.3, 0.4) is 0 Å². The van der Waals surface area contributed by atoms with Crippen LogP contribution < -0.4 is 10.1 Å². The van der Waals surface area contributed by atoms with Crippen molar-refractivity contribution in [3.63, 3.8) is 0 Å². The van der Waals surface area contributed by atoms with E-state index in [0.29, 0.717) is 25.4 Å². The first-order valence-electron chi connectivity index (χ1n) is 7.08. The Kier molecular flexibility index (Phi) is 4.73. The molecule has 2 aromatic rings. The van der Waals surface area contributed by atoms with E-state index in [2.05, 4.69) is 10.3 Å². The second kappa shape index (κ2) is 6.93. The summed E-state index contributed by atoms with van der Waals surface area (Å²) in [6, 6.07) is 3.94. The van der Waals surface area contributed by atoms with Gasteiger partial charge < -0.3 is 19.7 Å². The number of rotatable bonds is 3. The van der Waals surface area contributed by atoms with Crippen LogP contribution in [0.2, 0.25) is 0 Å². The third-order valence-electron chi connectivity index (χ3n) is 3.48. The van der Waals surface area contributed by atoms with Crippen molar-refractivity contribution in [3.05, 3.63) is 40.6 Å². The lowest BCUT2D eigenvalue weighted by molar-refractivity contribution is -0.0135. The van der Waals surface area contributed by atoms with Gasteiger partial charge in [0, 0.05) is 29.9 Å². The highest BCUT2D eigenvalue weighted by molar-refractivity contribution is 7.09. The van der Waals surface area contributed by atoms with Crippen LogP contribution in [0.25, 0.3) is 0 Å². The number of carbonyl (C=O) groups is 1. The van der Waals surface area contributed by atoms with E-state index in [-0.39, 0.29) is 17.9 Å². The zero-order chi connectivity index (χ0) is 16.2. The zero-order valence-electron chi connectivity index (χ0n) is 12.5. The molecule has 23 heavy (non-hydrogen) atoms. The van der Waals surface area contributed by atoms with Crippen molar-refractivity contribution in [2.45, 2.75) is 6.10 Å². The van der Waals surface area contributed by atoms with E-state index < -0.39 is 5.82 Å². The molecule has 2 heterocycles. The Balaban J connectivity index is 1.66. The number of carbonyl (C=O) groups excluding carboxylic acids is 1. The number of halogens is 1. The van der Waals surface area contributed by atoms with Crippen molar-refractivity contribution >= 4 is 23.1 Å². The van der Waals surface area contributed by atoms with Gasteiger partial charge in [-0.05, 0) is 12.1 Å². The number of urea groups is 1. The fourth-order valence-electron chi connectivity index (χ4n) is 2.32. The Morgan fingerprint density at radius 2 is 2.43 bits per heavy atom. The van der Waals surface area contributed by atoms with E-state index in [1.807, 2.05) is 5.38 Å². The number of amides is 2. The lowest BCUT2D eigenvalue weighted by atomic mass is 10.2. The normalized spacial score (nSPS) is 17.8. The molecular formula is C15H16FN3O3S. The highest BCUT2D eigenvalue weighted by Gasteiger charge is 2.27. The fourth-order valence-corrected chi connectivity index (χ4v) is 2.99. The number of ether oxygens (including phenoxy) is 2. The predicted octanol–water partition coefficient (Wildman–Crippen LogP) is 2.90. The van der Waals surface area contributed by atoms with Gasteiger partial charge in [-0.1, -0.05) is 0 Å². The maximum absolute atomic E-state index is 13.4. The second-order valence-corrected chi connectivity index (χ2v) is 5.88. The number of nitrogens with zero attached hydrogens (tertiary/aromatic N) is 2. The van der Waals surface area contributed by atoms with Gasteiger partial charge in [0.25, 0.3) is 0 Å². The molecule has 6 nitrogen and oxygen atoms in total. The van der Waals surface area contributed by atoms with Gasteiger partial charge in [-0.2, -0.15) is 0 Å². The standard InChI is InChI=1S/C15H16FN3O3S/c1-21-12-8-10(2-3-11(12)16)18-15(20)19-5-6-22-13(9-19)14-17-4-7-23-14/h2-4,7-8,13H,5-6,9H2,1H3,(H,18,20)/t13-/m0/s1. The first-order chi connectivity index (χ1) is 11.2. The fraction of sp³-hybridized carbons (Fsp3) is 0.333. The number of benzene rings is 1. The molecule has 0 saturated carbocycles. The Bertz CT molecular complexity index is 681. The van der Waals surface area contributed by atoms with Crippen LogP contribution in [-0.2, 0) is 4.74 Å². The van der Waals surface area contributed by atoms with Crippen molar-refractivity contribution in [2.75, 3.05) is 32.1 Å². The first kappa shape index (κ1) is 15.7. The molecular weight excluding hydrogens is 321 g/mol. The van der Waals surface area contributed by atoms with E-state index in [1.165, 1.54) is 36.6 Å². The summed E-state index contributed by atoms with van der Waals surface area (Å²) < 4.78 is 24.0. The molecule has 1 aromatic carbocycles. The Morgan fingerprint density at radius 1 is 1.57 bits per heavy atom. The molecule has 0 radical (unpaired) electrons. The van der Waals surface area contributed by atoms with Crippen LogP contribution >= 0.6 is 11.3 Å². The summed E-state index contributed by atoms with van der Waals surface area (Å²) in [7, 11) is 1.38. The summed E-state index contributed by atoms with van der Waals surface area (Å²) in [5, 5.41) is 5.48. The molecule has 1 aromatic heterocycles. The van der Waals surface area contributed by atoms with Crippen LogP contribution in [-0.4, -0.2) is 42.7 Å². The number of hydrogen-bond donors (Lipinski definition) is 1. The molecule has 3 rings (SSSR count). The van der Waals surface area contributed by atoms with E-state index in [1.54, 1.807) is 11.1 Å². The zero-order valence-corrected chi connectivity index (χ0v) is 13.3. The van der Waals surface area contributed by atoms with E-state index in [9.17, 15) is 9.18 Å². The average Bonchev–Trinajstić information content (AvgIpc) is 3.11. The maximum Gasteiger partial charge on any atom is 0.322 e. The van der Waals surface area contributed by atoms with Crippen LogP contribution in [0.5, 0.6) is 5.75 Å². The van der Waals surface area contributed by atoms with Gasteiger partial charge in [-0.15, -0.1) is 11.3 Å². The van der Waals surface area contributed by atoms with Crippen LogP contribution in [0, 0.1) is 5.82 Å². The Morgan fingerprint density at radius 3 is 3.17 bits per heavy atom. The SMILES string of the molecule is COc1cc(NC(=O)N2CCO[C@H](c3nccs3)C2)ccc1F. The molecule has 1 saturated heterocycles. The second-order valence-electron chi connectivity index (χ2n) is 4.96. The van der Waals surface area contributed by atoms with E-state index >= 15 is 0 Å². The minimum absolute atomic E-state index is 0.0884. The largest absolute Gasteiger partial charge is 0.494 e. The van der Waals surface area contributed by atoms with E-state index in [4.69, 9.17) is 9.47 Å². The Hall–Kier alpha value is -2.19. The molecule has 1 atom stereocenters. The van der Waals surface area contributed by atoms with Crippen molar-refractivity contribution in [2.24, 2.45) is 0 Å². The summed E-state index contributed by atoms with van der Waals surface area (Å²) in [5.74, 6) is -0.383. The highest BCUT2D eigenvalue weighted by atomic mass is 32.1. The average molecular weight is 337 g/mol. The molecule has 1 aliphatic rings. The monoisotopic (exact) mass is 337 g/mol. The van der Waals surface area contributed by atoms with Gasteiger partial charge in [0.15, 0.2) is 11.6 Å². The van der Waals surface area contributed by atoms with Crippen LogP contribution in [0.4, 0.5) is 14.9 Å². The summed E-state index contributed by atoms with van der Waals surface area (Å²) in [4.78, 5) is 18.3. The van der Waals surface area contributed by atoms with Gasteiger partial charge in [0.1, 0.15) is 11.1 Å². The van der Waals surface area contributed by atoms with Gasteiger partial charge in [-0.25, -0.2) is 14.2 Å². The first-order valence-corrected chi connectivity index (χ1v) is 7.96. The minimum atomic E-state index is -0.472. The Labute approximate surface area is 136 Å². The molecule has 1 N–H and O–H groups in total. The topological polar surface area (TPSA) is 63.7 Å². The van der Waals surface area contributed by atoms with Gasteiger partial charge >= 0.3 is 6.03 Å². The number of anilines is 1. The third kappa shape index (κ3) is 3.59. The molecule has 122 valence electrons. The summed E-state index contributed by atoms with van der Waals surface area (Å²) in [5.41, 5.74) is 0.477. The molecule has 1 aliphatic heterocycles. The lowest BCUT2D eigenvalue weighted by Crippen LogP contribution is -2.44. The molecule has 0 spiro atoms. The summed E-state index contributed by atoms with van der Waals surface area (Å²) >= 11 is 1.50. The van der Waals surface area contributed by atoms with Crippen molar-refractivity contribution in [3.8, 4) is 5.75 Å². The van der Waals surface area contributed by atoms with Gasteiger partial charge in [0.2, 0.25) is 0 Å². The van der Waals surface area contributed by atoms with E-state index in [0.717, 1.165) is 5.01 Å². The smallest absolute Gasteiger partial charge is 0.322 e. The summed E-state index contributed by atoms with van der Waals surface area (Å²) in [6.45, 7) is 1.37. The molecule has 0 unspecified atom stereocenters. The molecule has 1 fully saturated rings. The minimum Gasteiger partial charge on any atom is -0.494 e. The predicted molar refractivity (Wildman–Crippen MR) is 84.4 cm³/mol. The molecule has 8 heteroatoms. The highest BCUT2D eigenvalue weighted by Crippen LogP contribution is 2.25. The van der Waals surface area contributed by atoms with Crippen molar-refractivity contribution in [1.82, 2.24) is 9.88 Å². The van der Waals surface area contributed by atoms with Crippen LogP contribution in [0.1, 0.15) is 11.1 Å². The number of methoxy groups -OCH3 is 1. The summed E-state index contributed by atoms with van der Waals surface area (Å²) in [6.07, 6.45) is 1.50. The number of hydrogen-bond acceptors (Lipinski definition) is 5. The number of aromatic nitrogens is 1. The molecule has 0 bridgehead atoms. The number of morpholine rings is 1. The quantitative estimate of drug-likeness (QED) is 0.935. The third-order valence-corrected chi connectivity index (χ3v) is 4.35. The van der Waals surface area contributed by atoms with Gasteiger partial charge in [-0.3, -0.25) is 0 Å². The number of nitrogens with one attached hydrogen (secondary N) is 1.